The van der Waals surface area contributed by atoms with Crippen LogP contribution in [0, 0.1) is 0 Å². The zero-order valence-corrected chi connectivity index (χ0v) is 11.1. The van der Waals surface area contributed by atoms with Crippen molar-refractivity contribution in [3.05, 3.63) is 59.7 Å². The maximum atomic E-state index is 10.1. The van der Waals surface area contributed by atoms with Crippen LogP contribution in [0.15, 0.2) is 48.5 Å². The van der Waals surface area contributed by atoms with Crippen molar-refractivity contribution < 1.29 is 20.4 Å². The van der Waals surface area contributed by atoms with E-state index in [0.717, 1.165) is 10.9 Å². The van der Waals surface area contributed by atoms with Gasteiger partial charge in [-0.1, -0.05) is 18.2 Å². The second-order valence-electron chi connectivity index (χ2n) is 4.98. The van der Waals surface area contributed by atoms with E-state index >= 15 is 0 Å². The Morgan fingerprint density at radius 3 is 2.14 bits per heavy atom. The van der Waals surface area contributed by atoms with Crippen LogP contribution in [0.25, 0.3) is 10.8 Å². The SMILES string of the molecule is Oc1ccc(Cc2cc3ccc(O)c(O)c3cc2O)cc1. The molecule has 0 spiro atoms. The van der Waals surface area contributed by atoms with Crippen LogP contribution in [0.3, 0.4) is 0 Å². The molecule has 0 unspecified atom stereocenters. The Hall–Kier alpha value is -2.88. The summed E-state index contributed by atoms with van der Waals surface area (Å²) in [5, 5.41) is 39.8. The van der Waals surface area contributed by atoms with Crippen molar-refractivity contribution >= 4 is 10.8 Å². The first kappa shape index (κ1) is 13.1. The maximum absolute atomic E-state index is 10.1. The monoisotopic (exact) mass is 282 g/mol. The minimum atomic E-state index is -0.237. The van der Waals surface area contributed by atoms with Gasteiger partial charge in [0.05, 0.1) is 0 Å². The van der Waals surface area contributed by atoms with Gasteiger partial charge in [-0.15, -0.1) is 0 Å². The molecule has 0 aliphatic carbocycles. The summed E-state index contributed by atoms with van der Waals surface area (Å²) in [4.78, 5) is 0. The molecule has 0 saturated carbocycles. The van der Waals surface area contributed by atoms with E-state index in [9.17, 15) is 20.4 Å². The fourth-order valence-corrected chi connectivity index (χ4v) is 2.36. The molecular formula is C17H14O4. The normalized spacial score (nSPS) is 10.9. The van der Waals surface area contributed by atoms with Gasteiger partial charge in [-0.25, -0.2) is 0 Å². The van der Waals surface area contributed by atoms with Crippen molar-refractivity contribution in [2.24, 2.45) is 0 Å². The standard InChI is InChI=1S/C17H14O4/c18-13-4-1-10(2-5-13)7-12-8-11-3-6-15(19)17(21)14(11)9-16(12)20/h1-6,8-9,18-21H,7H2. The van der Waals surface area contributed by atoms with E-state index in [0.29, 0.717) is 17.4 Å². The predicted octanol–water partition coefficient (Wildman–Crippen LogP) is 3.25. The molecule has 3 aromatic rings. The summed E-state index contributed by atoms with van der Waals surface area (Å²) in [6.07, 6.45) is 0.504. The summed E-state index contributed by atoms with van der Waals surface area (Å²) in [5.41, 5.74) is 1.66. The highest BCUT2D eigenvalue weighted by Gasteiger charge is 2.10. The van der Waals surface area contributed by atoms with Gasteiger partial charge < -0.3 is 20.4 Å². The molecule has 3 rings (SSSR count). The van der Waals surface area contributed by atoms with E-state index in [-0.39, 0.29) is 23.0 Å². The summed E-state index contributed by atoms with van der Waals surface area (Å²) in [7, 11) is 0. The van der Waals surface area contributed by atoms with Crippen LogP contribution in [0.4, 0.5) is 0 Å². The van der Waals surface area contributed by atoms with Gasteiger partial charge in [0.2, 0.25) is 0 Å². The van der Waals surface area contributed by atoms with E-state index in [2.05, 4.69) is 0 Å². The summed E-state index contributed by atoms with van der Waals surface area (Å²) in [6.45, 7) is 0. The third kappa shape index (κ3) is 2.43. The van der Waals surface area contributed by atoms with E-state index in [1.165, 1.54) is 12.1 Å². The average Bonchev–Trinajstić information content (AvgIpc) is 2.47. The zero-order valence-electron chi connectivity index (χ0n) is 11.1. The third-order valence-electron chi connectivity index (χ3n) is 3.50. The first-order valence-electron chi connectivity index (χ1n) is 6.49. The first-order valence-corrected chi connectivity index (χ1v) is 6.49. The molecule has 0 radical (unpaired) electrons. The van der Waals surface area contributed by atoms with Crippen molar-refractivity contribution in [3.8, 4) is 23.0 Å². The topological polar surface area (TPSA) is 80.9 Å². The van der Waals surface area contributed by atoms with E-state index in [1.807, 2.05) is 0 Å². The lowest BCUT2D eigenvalue weighted by Gasteiger charge is -2.09. The number of hydrogen-bond acceptors (Lipinski definition) is 4. The van der Waals surface area contributed by atoms with Gasteiger partial charge in [-0.2, -0.15) is 0 Å². The Morgan fingerprint density at radius 2 is 1.43 bits per heavy atom. The predicted molar refractivity (Wildman–Crippen MR) is 79.9 cm³/mol. The summed E-state index contributed by atoms with van der Waals surface area (Å²) in [6, 6.07) is 13.1. The Bertz CT molecular complexity index is 807. The molecule has 4 N–H and O–H groups in total. The lowest BCUT2D eigenvalue weighted by atomic mass is 9.99. The highest BCUT2D eigenvalue weighted by atomic mass is 16.3. The second kappa shape index (κ2) is 4.90. The van der Waals surface area contributed by atoms with Crippen LogP contribution in [-0.4, -0.2) is 20.4 Å². The van der Waals surface area contributed by atoms with Crippen LogP contribution in [-0.2, 0) is 6.42 Å². The molecule has 4 nitrogen and oxygen atoms in total. The smallest absolute Gasteiger partial charge is 0.165 e. The largest absolute Gasteiger partial charge is 0.508 e. The second-order valence-corrected chi connectivity index (χ2v) is 4.98. The Labute approximate surface area is 121 Å². The van der Waals surface area contributed by atoms with Crippen LogP contribution >= 0.6 is 0 Å². The Balaban J connectivity index is 2.05. The van der Waals surface area contributed by atoms with Crippen LogP contribution in [0.5, 0.6) is 23.0 Å². The fraction of sp³-hybridized carbons (Fsp3) is 0.0588. The van der Waals surface area contributed by atoms with Gasteiger partial charge >= 0.3 is 0 Å². The molecular weight excluding hydrogens is 268 g/mol. The van der Waals surface area contributed by atoms with Crippen molar-refractivity contribution in [2.75, 3.05) is 0 Å². The number of rotatable bonds is 2. The Morgan fingerprint density at radius 1 is 0.714 bits per heavy atom. The first-order chi connectivity index (χ1) is 10.0. The lowest BCUT2D eigenvalue weighted by Crippen LogP contribution is -1.89. The molecule has 0 bridgehead atoms. The minimum absolute atomic E-state index is 0.0523. The number of hydrogen-bond donors (Lipinski definition) is 4. The molecule has 0 atom stereocenters. The number of fused-ring (bicyclic) bond motifs is 1. The van der Waals surface area contributed by atoms with Crippen molar-refractivity contribution in [2.45, 2.75) is 6.42 Å². The molecule has 3 aromatic carbocycles. The summed E-state index contributed by atoms with van der Waals surface area (Å²) in [5.74, 6) is -0.203. The van der Waals surface area contributed by atoms with E-state index in [4.69, 9.17) is 0 Å². The molecule has 0 aliphatic heterocycles. The maximum Gasteiger partial charge on any atom is 0.165 e. The number of benzene rings is 3. The highest BCUT2D eigenvalue weighted by molar-refractivity contribution is 5.92. The van der Waals surface area contributed by atoms with E-state index in [1.54, 1.807) is 36.4 Å². The molecule has 0 amide bonds. The lowest BCUT2D eigenvalue weighted by molar-refractivity contribution is 0.408. The third-order valence-corrected chi connectivity index (χ3v) is 3.50. The Kier molecular flexibility index (Phi) is 3.06. The summed E-state index contributed by atoms with van der Waals surface area (Å²) >= 11 is 0. The van der Waals surface area contributed by atoms with Gasteiger partial charge in [-0.05, 0) is 46.8 Å². The van der Waals surface area contributed by atoms with Gasteiger partial charge in [0, 0.05) is 11.8 Å². The van der Waals surface area contributed by atoms with Crippen LogP contribution in [0.1, 0.15) is 11.1 Å². The molecule has 0 heterocycles. The molecule has 106 valence electrons. The fourth-order valence-electron chi connectivity index (χ4n) is 2.36. The van der Waals surface area contributed by atoms with Crippen molar-refractivity contribution in [1.82, 2.24) is 0 Å². The zero-order chi connectivity index (χ0) is 15.0. The van der Waals surface area contributed by atoms with Crippen molar-refractivity contribution in [3.63, 3.8) is 0 Å². The van der Waals surface area contributed by atoms with Crippen LogP contribution < -0.4 is 0 Å². The molecule has 4 heteroatoms. The van der Waals surface area contributed by atoms with Crippen molar-refractivity contribution in [1.29, 1.82) is 0 Å². The van der Waals surface area contributed by atoms with Gasteiger partial charge in [-0.3, -0.25) is 0 Å². The summed E-state index contributed by atoms with van der Waals surface area (Å²) < 4.78 is 0. The highest BCUT2D eigenvalue weighted by Crippen LogP contribution is 2.37. The number of phenols is 4. The van der Waals surface area contributed by atoms with Gasteiger partial charge in [0.25, 0.3) is 0 Å². The number of phenolic OH excluding ortho intramolecular Hbond substituents is 4. The van der Waals surface area contributed by atoms with E-state index < -0.39 is 0 Å². The quantitative estimate of drug-likeness (QED) is 0.544. The molecule has 0 aliphatic rings. The molecule has 0 aromatic heterocycles. The average molecular weight is 282 g/mol. The van der Waals surface area contributed by atoms with Crippen LogP contribution in [0.2, 0.25) is 0 Å². The molecule has 0 saturated heterocycles. The molecule has 21 heavy (non-hydrogen) atoms. The molecule has 0 fully saturated rings. The van der Waals surface area contributed by atoms with Gasteiger partial charge in [0.15, 0.2) is 11.5 Å². The number of aromatic hydroxyl groups is 4. The van der Waals surface area contributed by atoms with Gasteiger partial charge in [0.1, 0.15) is 11.5 Å². The minimum Gasteiger partial charge on any atom is -0.508 e.